The van der Waals surface area contributed by atoms with Gasteiger partial charge in [-0.2, -0.15) is 9.97 Å². The largest absolute Gasteiger partial charge is 0.381 e. The summed E-state index contributed by atoms with van der Waals surface area (Å²) in [7, 11) is 0. The summed E-state index contributed by atoms with van der Waals surface area (Å²) in [5.74, 6) is 1.78. The van der Waals surface area contributed by atoms with Gasteiger partial charge in [0.1, 0.15) is 0 Å². The van der Waals surface area contributed by atoms with E-state index in [9.17, 15) is 0 Å². The van der Waals surface area contributed by atoms with Crippen molar-refractivity contribution in [2.45, 2.75) is 78.4 Å². The minimum atomic E-state index is 0.223. The molecule has 2 aliphatic rings. The van der Waals surface area contributed by atoms with Crippen LogP contribution in [0.4, 0.5) is 0 Å². The second kappa shape index (κ2) is 23.1. The van der Waals surface area contributed by atoms with Crippen LogP contribution in [-0.2, 0) is 41.6 Å². The lowest BCUT2D eigenvalue weighted by molar-refractivity contribution is -0.150. The first-order valence-electron chi connectivity index (χ1n) is 27.0. The molecule has 2 aliphatic heterocycles. The van der Waals surface area contributed by atoms with Crippen molar-refractivity contribution >= 4 is 43.6 Å². The van der Waals surface area contributed by atoms with Gasteiger partial charge < -0.3 is 33.0 Å². The Morgan fingerprint density at radius 3 is 1.31 bits per heavy atom. The Morgan fingerprint density at radius 2 is 0.865 bits per heavy atom. The van der Waals surface area contributed by atoms with E-state index in [-0.39, 0.29) is 10.8 Å². The van der Waals surface area contributed by atoms with Crippen molar-refractivity contribution in [1.29, 1.82) is 0 Å². The molecule has 0 aliphatic carbocycles. The number of fused-ring (bicyclic) bond motifs is 7. The van der Waals surface area contributed by atoms with Crippen LogP contribution in [0.3, 0.4) is 0 Å². The van der Waals surface area contributed by atoms with E-state index in [2.05, 4.69) is 126 Å². The van der Waals surface area contributed by atoms with Crippen LogP contribution in [0.25, 0.3) is 78.0 Å². The van der Waals surface area contributed by atoms with Crippen LogP contribution in [0, 0.1) is 10.8 Å². The molecular weight excluding hydrogens is 923 g/mol. The number of rotatable bonds is 26. The fourth-order valence-corrected chi connectivity index (χ4v) is 10.6. The quantitative estimate of drug-likeness (QED) is 0.0491. The zero-order chi connectivity index (χ0) is 50.2. The zero-order valence-corrected chi connectivity index (χ0v) is 43.1. The van der Waals surface area contributed by atoms with Gasteiger partial charge in [-0.05, 0) is 111 Å². The second-order valence-electron chi connectivity index (χ2n) is 20.6. The SMILES string of the molecule is CCC1(COCCCCCOCc2ccc3c(c2)c2c4c5cc(COCCCCCOCC6(CC)COC6)ccc5n(-c5nc(-c6ccccc6)nc(-c6ccccc6)n5)c4ccc2n3-c2ccccc2)COC1. The van der Waals surface area contributed by atoms with Crippen molar-refractivity contribution in [3.05, 3.63) is 151 Å². The Kier molecular flexibility index (Phi) is 15.5. The van der Waals surface area contributed by atoms with Gasteiger partial charge in [0.15, 0.2) is 11.6 Å². The number of aromatic nitrogens is 5. The van der Waals surface area contributed by atoms with Crippen LogP contribution in [0.15, 0.2) is 140 Å². The van der Waals surface area contributed by atoms with Gasteiger partial charge in [-0.1, -0.05) is 105 Å². The fraction of sp³-hybridized carbons (Fsp3) is 0.381. The zero-order valence-electron chi connectivity index (χ0n) is 43.1. The highest BCUT2D eigenvalue weighted by molar-refractivity contribution is 6.29. The molecule has 6 aromatic carbocycles. The first-order chi connectivity index (χ1) is 36.5. The molecule has 0 N–H and O–H groups in total. The van der Waals surface area contributed by atoms with Gasteiger partial charge in [0.25, 0.3) is 0 Å². The van der Waals surface area contributed by atoms with Crippen LogP contribution in [0.1, 0.15) is 76.3 Å². The lowest BCUT2D eigenvalue weighted by Gasteiger charge is -2.40. The fourth-order valence-electron chi connectivity index (χ4n) is 10.6. The normalized spacial score (nSPS) is 15.1. The molecule has 11 rings (SSSR count). The average molecular weight is 992 g/mol. The monoisotopic (exact) mass is 992 g/mol. The van der Waals surface area contributed by atoms with Gasteiger partial charge >= 0.3 is 0 Å². The summed E-state index contributed by atoms with van der Waals surface area (Å²) in [6, 6.07) is 49.1. The molecule has 0 spiro atoms. The third-order valence-corrected chi connectivity index (χ3v) is 15.3. The van der Waals surface area contributed by atoms with E-state index >= 15 is 0 Å². The Bertz CT molecular complexity index is 3220. The van der Waals surface area contributed by atoms with E-state index in [1.807, 2.05) is 36.4 Å². The number of ether oxygens (including phenoxy) is 6. The Labute approximate surface area is 434 Å². The van der Waals surface area contributed by atoms with E-state index < -0.39 is 0 Å². The first kappa shape index (κ1) is 49.9. The molecule has 0 radical (unpaired) electrons. The Hall–Kier alpha value is -6.31. The van der Waals surface area contributed by atoms with Crippen molar-refractivity contribution in [1.82, 2.24) is 24.1 Å². The van der Waals surface area contributed by atoms with E-state index in [1.54, 1.807) is 0 Å². The number of benzene rings is 6. The molecule has 2 saturated heterocycles. The summed E-state index contributed by atoms with van der Waals surface area (Å²) in [5, 5.41) is 4.57. The Balaban J connectivity index is 0.933. The van der Waals surface area contributed by atoms with Gasteiger partial charge in [0.05, 0.1) is 74.9 Å². The summed E-state index contributed by atoms with van der Waals surface area (Å²) in [6.45, 7) is 13.3. The predicted octanol–water partition coefficient (Wildman–Crippen LogP) is 13.7. The molecule has 382 valence electrons. The topological polar surface area (TPSA) is 104 Å². The molecule has 11 heteroatoms. The van der Waals surface area contributed by atoms with E-state index in [1.165, 1.54) is 5.39 Å². The second-order valence-corrected chi connectivity index (χ2v) is 20.6. The molecule has 0 bridgehead atoms. The summed E-state index contributed by atoms with van der Waals surface area (Å²) in [6.07, 6.45) is 8.37. The number of hydrogen-bond donors (Lipinski definition) is 0. The van der Waals surface area contributed by atoms with E-state index in [0.717, 1.165) is 170 Å². The van der Waals surface area contributed by atoms with Crippen molar-refractivity contribution in [2.75, 3.05) is 66.1 Å². The summed E-state index contributed by atoms with van der Waals surface area (Å²) in [4.78, 5) is 15.6. The smallest absolute Gasteiger partial charge is 0.238 e. The first-order valence-corrected chi connectivity index (χ1v) is 27.0. The molecule has 0 amide bonds. The minimum absolute atomic E-state index is 0.223. The van der Waals surface area contributed by atoms with Crippen LogP contribution in [0.2, 0.25) is 0 Å². The third kappa shape index (κ3) is 10.6. The molecule has 5 heterocycles. The van der Waals surface area contributed by atoms with E-state index in [0.29, 0.717) is 44.0 Å². The van der Waals surface area contributed by atoms with Crippen LogP contribution < -0.4 is 0 Å². The molecule has 74 heavy (non-hydrogen) atoms. The van der Waals surface area contributed by atoms with Gasteiger partial charge in [0, 0.05) is 75.6 Å². The highest BCUT2D eigenvalue weighted by Crippen LogP contribution is 2.43. The Morgan fingerprint density at radius 1 is 0.446 bits per heavy atom. The molecule has 9 aromatic rings. The molecule has 2 fully saturated rings. The minimum Gasteiger partial charge on any atom is -0.381 e. The number of para-hydroxylation sites is 1. The van der Waals surface area contributed by atoms with Crippen molar-refractivity contribution in [2.24, 2.45) is 10.8 Å². The molecule has 0 saturated carbocycles. The number of unbranched alkanes of at least 4 members (excludes halogenated alkanes) is 4. The maximum absolute atomic E-state index is 6.42. The van der Waals surface area contributed by atoms with Crippen LogP contribution in [-0.4, -0.2) is 90.2 Å². The van der Waals surface area contributed by atoms with Gasteiger partial charge in [0.2, 0.25) is 5.95 Å². The van der Waals surface area contributed by atoms with E-state index in [4.69, 9.17) is 43.4 Å². The predicted molar refractivity (Wildman–Crippen MR) is 295 cm³/mol. The van der Waals surface area contributed by atoms with Crippen LogP contribution in [0.5, 0.6) is 0 Å². The lowest BCUT2D eigenvalue weighted by atomic mass is 9.84. The molecule has 3 aromatic heterocycles. The number of nitrogens with zero attached hydrogens (tertiary/aromatic N) is 5. The standard InChI is InChI=1S/C63H69N5O6/c1-3-62(42-73-43-62)40-71-34-18-8-16-32-69-38-46-26-28-53-51(36-46)57-55(67(53)50-24-14-7-15-25-50)30-31-56-58(57)52-37-47(39-70-33-17-9-19-35-72-41-63(4-2)44-74-45-63)27-29-54(52)68(56)61-65-59(48-20-10-5-11-21-48)64-60(66-61)49-22-12-6-13-23-49/h5-7,10-15,20-31,36-37H,3-4,8-9,16-19,32-35,38-45H2,1-2H3. The van der Waals surface area contributed by atoms with Crippen LogP contribution >= 0.6 is 0 Å². The molecule has 0 atom stereocenters. The molecular formula is C63H69N5O6. The summed E-state index contributed by atoms with van der Waals surface area (Å²) >= 11 is 0. The maximum Gasteiger partial charge on any atom is 0.238 e. The summed E-state index contributed by atoms with van der Waals surface area (Å²) in [5.41, 5.74) is 9.91. The highest BCUT2D eigenvalue weighted by atomic mass is 16.5. The number of hydrogen-bond acceptors (Lipinski definition) is 9. The maximum atomic E-state index is 6.42. The van der Waals surface area contributed by atoms with Gasteiger partial charge in [-0.3, -0.25) is 4.57 Å². The van der Waals surface area contributed by atoms with Crippen molar-refractivity contribution < 1.29 is 28.4 Å². The van der Waals surface area contributed by atoms with Gasteiger partial charge in [-0.15, -0.1) is 0 Å². The van der Waals surface area contributed by atoms with Gasteiger partial charge in [-0.25, -0.2) is 4.98 Å². The average Bonchev–Trinajstić information content (AvgIpc) is 3.95. The lowest BCUT2D eigenvalue weighted by Crippen LogP contribution is -2.45. The van der Waals surface area contributed by atoms with Crippen molar-refractivity contribution in [3.8, 4) is 34.4 Å². The third-order valence-electron chi connectivity index (χ3n) is 15.3. The molecule has 0 unspecified atom stereocenters. The molecule has 11 nitrogen and oxygen atoms in total. The highest BCUT2D eigenvalue weighted by Gasteiger charge is 2.37. The van der Waals surface area contributed by atoms with Crippen molar-refractivity contribution in [3.63, 3.8) is 0 Å². The summed E-state index contributed by atoms with van der Waals surface area (Å²) < 4.78 is 40.5.